The van der Waals surface area contributed by atoms with Crippen molar-refractivity contribution in [1.29, 1.82) is 0 Å². The van der Waals surface area contributed by atoms with Crippen LogP contribution >= 0.6 is 0 Å². The number of hydrogen-bond donors (Lipinski definition) is 1. The molecule has 0 saturated carbocycles. The summed E-state index contributed by atoms with van der Waals surface area (Å²) in [6, 6.07) is 25.0. The molecule has 1 atom stereocenters. The Labute approximate surface area is 187 Å². The van der Waals surface area contributed by atoms with Crippen LogP contribution in [0.4, 0.5) is 0 Å². The first-order chi connectivity index (χ1) is 15.6. The van der Waals surface area contributed by atoms with Gasteiger partial charge in [0, 0.05) is 12.1 Å². The van der Waals surface area contributed by atoms with Crippen LogP contribution in [0.15, 0.2) is 90.5 Å². The van der Waals surface area contributed by atoms with Crippen molar-refractivity contribution in [3.05, 3.63) is 107 Å². The highest BCUT2D eigenvalue weighted by Gasteiger charge is 2.46. The largest absolute Gasteiger partial charge is 0.507 e. The third-order valence-corrected chi connectivity index (χ3v) is 5.43. The average Bonchev–Trinajstić information content (AvgIpc) is 3.08. The summed E-state index contributed by atoms with van der Waals surface area (Å²) >= 11 is 0. The number of Topliss-reactive ketones (excluding diaryl/α,β-unsaturated/α-hetero) is 1. The highest BCUT2D eigenvalue weighted by atomic mass is 16.5. The molecule has 1 heterocycles. The number of nitrogens with zero attached hydrogens (tertiary/aromatic N) is 1. The van der Waals surface area contributed by atoms with Crippen molar-refractivity contribution in [1.82, 2.24) is 4.90 Å². The molecule has 1 saturated heterocycles. The average molecular weight is 428 g/mol. The molecule has 162 valence electrons. The molecule has 0 radical (unpaired) electrons. The van der Waals surface area contributed by atoms with Gasteiger partial charge >= 0.3 is 0 Å². The molecule has 1 unspecified atom stereocenters. The molecule has 32 heavy (non-hydrogen) atoms. The summed E-state index contributed by atoms with van der Waals surface area (Å²) in [7, 11) is 0. The lowest BCUT2D eigenvalue weighted by molar-refractivity contribution is -0.140. The maximum absolute atomic E-state index is 13.1. The van der Waals surface area contributed by atoms with Crippen LogP contribution in [0.1, 0.15) is 36.1 Å². The van der Waals surface area contributed by atoms with Crippen molar-refractivity contribution in [2.24, 2.45) is 0 Å². The van der Waals surface area contributed by atoms with Crippen molar-refractivity contribution < 1.29 is 19.4 Å². The standard InChI is InChI=1S/C27H25NO4/c1-2-16-32-22-15-9-14-21(17-22)24-23(25(29)20-12-7-4-8-13-20)26(30)27(31)28(24)18-19-10-5-3-6-11-19/h3-15,17,24,29H,2,16,18H2,1H3/b25-23+. The van der Waals surface area contributed by atoms with Crippen LogP contribution in [0, 0.1) is 0 Å². The SMILES string of the molecule is CCCOc1cccc(C2/C(=C(\O)c3ccccc3)C(=O)C(=O)N2Cc2ccccc2)c1. The van der Waals surface area contributed by atoms with Gasteiger partial charge in [0.1, 0.15) is 11.5 Å². The topological polar surface area (TPSA) is 66.8 Å². The van der Waals surface area contributed by atoms with Gasteiger partial charge in [-0.05, 0) is 29.7 Å². The summed E-state index contributed by atoms with van der Waals surface area (Å²) < 4.78 is 5.78. The lowest BCUT2D eigenvalue weighted by Crippen LogP contribution is -2.29. The number of amides is 1. The molecule has 1 amide bonds. The minimum absolute atomic E-state index is 0.0878. The lowest BCUT2D eigenvalue weighted by atomic mass is 9.95. The molecule has 3 aromatic rings. The van der Waals surface area contributed by atoms with E-state index < -0.39 is 17.7 Å². The normalized spacial score (nSPS) is 17.5. The number of aliphatic hydroxyl groups is 1. The summed E-state index contributed by atoms with van der Waals surface area (Å²) in [4.78, 5) is 27.7. The molecular formula is C27H25NO4. The fraction of sp³-hybridized carbons (Fsp3) is 0.185. The van der Waals surface area contributed by atoms with Gasteiger partial charge in [0.15, 0.2) is 0 Å². The smallest absolute Gasteiger partial charge is 0.295 e. The second-order valence-corrected chi connectivity index (χ2v) is 7.70. The molecule has 0 aliphatic carbocycles. The van der Waals surface area contributed by atoms with E-state index in [4.69, 9.17) is 4.74 Å². The number of rotatable bonds is 7. The molecule has 3 aromatic carbocycles. The second kappa shape index (κ2) is 9.52. The zero-order valence-corrected chi connectivity index (χ0v) is 17.9. The summed E-state index contributed by atoms with van der Waals surface area (Å²) in [6.45, 7) is 2.85. The van der Waals surface area contributed by atoms with E-state index >= 15 is 0 Å². The molecule has 0 aromatic heterocycles. The number of ketones is 1. The van der Waals surface area contributed by atoms with E-state index in [2.05, 4.69) is 0 Å². The van der Waals surface area contributed by atoms with Gasteiger partial charge in [-0.2, -0.15) is 0 Å². The number of likely N-dealkylation sites (tertiary alicyclic amines) is 1. The van der Waals surface area contributed by atoms with Crippen molar-refractivity contribution in [2.45, 2.75) is 25.9 Å². The predicted molar refractivity (Wildman–Crippen MR) is 123 cm³/mol. The highest BCUT2D eigenvalue weighted by molar-refractivity contribution is 6.46. The summed E-state index contributed by atoms with van der Waals surface area (Å²) in [5.41, 5.74) is 2.20. The Balaban J connectivity index is 1.83. The molecule has 0 spiro atoms. The monoisotopic (exact) mass is 427 g/mol. The lowest BCUT2D eigenvalue weighted by Gasteiger charge is -2.26. The number of hydrogen-bond acceptors (Lipinski definition) is 4. The van der Waals surface area contributed by atoms with Gasteiger partial charge in [0.05, 0.1) is 18.2 Å². The molecule has 4 rings (SSSR count). The quantitative estimate of drug-likeness (QED) is 0.324. The van der Waals surface area contributed by atoms with Crippen LogP contribution in [-0.4, -0.2) is 28.3 Å². The van der Waals surface area contributed by atoms with Crippen LogP contribution in [0.25, 0.3) is 5.76 Å². The second-order valence-electron chi connectivity index (χ2n) is 7.70. The van der Waals surface area contributed by atoms with Gasteiger partial charge < -0.3 is 14.7 Å². The van der Waals surface area contributed by atoms with Crippen LogP contribution in [0.3, 0.4) is 0 Å². The van der Waals surface area contributed by atoms with E-state index in [1.54, 1.807) is 24.3 Å². The molecule has 1 fully saturated rings. The zero-order valence-electron chi connectivity index (χ0n) is 17.9. The van der Waals surface area contributed by atoms with Crippen molar-refractivity contribution >= 4 is 17.4 Å². The number of aliphatic hydroxyl groups excluding tert-OH is 1. The van der Waals surface area contributed by atoms with Crippen LogP contribution in [0.2, 0.25) is 0 Å². The molecule has 1 aliphatic heterocycles. The van der Waals surface area contributed by atoms with Crippen LogP contribution in [-0.2, 0) is 16.1 Å². The fourth-order valence-electron chi connectivity index (χ4n) is 3.92. The Hall–Kier alpha value is -3.86. The van der Waals surface area contributed by atoms with Gasteiger partial charge in [-0.3, -0.25) is 9.59 Å². The Morgan fingerprint density at radius 1 is 0.938 bits per heavy atom. The summed E-state index contributed by atoms with van der Waals surface area (Å²) in [5.74, 6) is -0.831. The molecular weight excluding hydrogens is 402 g/mol. The van der Waals surface area contributed by atoms with E-state index in [1.807, 2.05) is 67.6 Å². The van der Waals surface area contributed by atoms with E-state index in [0.717, 1.165) is 12.0 Å². The molecule has 5 heteroatoms. The van der Waals surface area contributed by atoms with Gasteiger partial charge in [0.2, 0.25) is 0 Å². The first kappa shape index (κ1) is 21.4. The van der Waals surface area contributed by atoms with Crippen molar-refractivity contribution in [2.75, 3.05) is 6.61 Å². The Kier molecular flexibility index (Phi) is 6.36. The number of benzene rings is 3. The molecule has 1 N–H and O–H groups in total. The van der Waals surface area contributed by atoms with Gasteiger partial charge in [0.25, 0.3) is 11.7 Å². The minimum atomic E-state index is -0.722. The van der Waals surface area contributed by atoms with Crippen LogP contribution < -0.4 is 4.74 Å². The molecule has 5 nitrogen and oxygen atoms in total. The van der Waals surface area contributed by atoms with Gasteiger partial charge in [-0.25, -0.2) is 0 Å². The van der Waals surface area contributed by atoms with Crippen molar-refractivity contribution in [3.8, 4) is 5.75 Å². The number of ether oxygens (including phenoxy) is 1. The van der Waals surface area contributed by atoms with E-state index in [1.165, 1.54) is 4.90 Å². The highest BCUT2D eigenvalue weighted by Crippen LogP contribution is 2.41. The van der Waals surface area contributed by atoms with E-state index in [9.17, 15) is 14.7 Å². The van der Waals surface area contributed by atoms with E-state index in [-0.39, 0.29) is 17.9 Å². The zero-order chi connectivity index (χ0) is 22.5. The van der Waals surface area contributed by atoms with Crippen molar-refractivity contribution in [3.63, 3.8) is 0 Å². The Morgan fingerprint density at radius 2 is 1.62 bits per heavy atom. The Morgan fingerprint density at radius 3 is 2.31 bits per heavy atom. The van der Waals surface area contributed by atoms with Gasteiger partial charge in [-0.1, -0.05) is 79.7 Å². The summed E-state index contributed by atoms with van der Waals surface area (Å²) in [6.07, 6.45) is 0.866. The van der Waals surface area contributed by atoms with Gasteiger partial charge in [-0.15, -0.1) is 0 Å². The Bertz CT molecular complexity index is 1140. The number of carbonyl (C=O) groups is 2. The van der Waals surface area contributed by atoms with Crippen LogP contribution in [0.5, 0.6) is 5.75 Å². The summed E-state index contributed by atoms with van der Waals surface area (Å²) in [5, 5.41) is 11.1. The third kappa shape index (κ3) is 4.28. The number of carbonyl (C=O) groups excluding carboxylic acids is 2. The minimum Gasteiger partial charge on any atom is -0.507 e. The first-order valence-corrected chi connectivity index (χ1v) is 10.7. The van der Waals surface area contributed by atoms with E-state index in [0.29, 0.717) is 23.5 Å². The first-order valence-electron chi connectivity index (χ1n) is 10.7. The molecule has 1 aliphatic rings. The predicted octanol–water partition coefficient (Wildman–Crippen LogP) is 5.10. The fourth-order valence-corrected chi connectivity index (χ4v) is 3.92. The third-order valence-electron chi connectivity index (χ3n) is 5.43. The maximum Gasteiger partial charge on any atom is 0.295 e. The maximum atomic E-state index is 13.1. The molecule has 0 bridgehead atoms.